The van der Waals surface area contributed by atoms with Crippen LogP contribution in [0, 0.1) is 0 Å². The van der Waals surface area contributed by atoms with Crippen LogP contribution < -0.4 is 14.9 Å². The lowest BCUT2D eigenvalue weighted by Gasteiger charge is -2.09. The summed E-state index contributed by atoms with van der Waals surface area (Å²) in [5.41, 5.74) is 2.97. The van der Waals surface area contributed by atoms with Crippen molar-refractivity contribution >= 4 is 34.0 Å². The highest BCUT2D eigenvalue weighted by atomic mass is 79.9. The molecule has 0 saturated heterocycles. The number of amides is 1. The van der Waals surface area contributed by atoms with Gasteiger partial charge in [-0.3, -0.25) is 4.79 Å². The number of ether oxygens (including phenoxy) is 2. The molecular weight excluding hydrogens is 468 g/mol. The zero-order valence-corrected chi connectivity index (χ0v) is 17.8. The Morgan fingerprint density at radius 2 is 1.77 bits per heavy atom. The quantitative estimate of drug-likeness (QED) is 0.211. The fourth-order valence-corrected chi connectivity index (χ4v) is 2.91. The molecule has 0 radical (unpaired) electrons. The van der Waals surface area contributed by atoms with Crippen molar-refractivity contribution in [2.45, 2.75) is 0 Å². The van der Waals surface area contributed by atoms with Gasteiger partial charge in [-0.25, -0.2) is 10.2 Å². The minimum absolute atomic E-state index is 0.0599. The van der Waals surface area contributed by atoms with Gasteiger partial charge in [-0.1, -0.05) is 15.9 Å². The van der Waals surface area contributed by atoms with E-state index in [1.165, 1.54) is 25.5 Å². The summed E-state index contributed by atoms with van der Waals surface area (Å²) in [6, 6.07) is 15.0. The Kier molecular flexibility index (Phi) is 6.88. The van der Waals surface area contributed by atoms with Crippen molar-refractivity contribution in [3.05, 3.63) is 81.8 Å². The number of hydrogen-bond donors (Lipinski definition) is 3. The number of hydrazone groups is 1. The summed E-state index contributed by atoms with van der Waals surface area (Å²) in [6.45, 7) is 0. The zero-order valence-electron chi connectivity index (χ0n) is 16.2. The lowest BCUT2D eigenvalue weighted by Crippen LogP contribution is -2.18. The van der Waals surface area contributed by atoms with E-state index in [2.05, 4.69) is 26.5 Å². The van der Waals surface area contributed by atoms with Gasteiger partial charge in [0.25, 0.3) is 5.91 Å². The Hall–Kier alpha value is -3.85. The smallest absolute Gasteiger partial charge is 0.343 e. The fourth-order valence-electron chi connectivity index (χ4n) is 2.53. The van der Waals surface area contributed by atoms with Crippen molar-refractivity contribution in [3.8, 4) is 23.0 Å². The summed E-state index contributed by atoms with van der Waals surface area (Å²) >= 11 is 3.34. The van der Waals surface area contributed by atoms with Crippen LogP contribution in [0.4, 0.5) is 0 Å². The average molecular weight is 485 g/mol. The molecule has 0 heterocycles. The van der Waals surface area contributed by atoms with Gasteiger partial charge in [0.2, 0.25) is 0 Å². The third kappa shape index (κ3) is 5.61. The second-order valence-electron chi connectivity index (χ2n) is 6.20. The number of phenolic OH excluding ortho intramolecular Hbond substituents is 2. The monoisotopic (exact) mass is 484 g/mol. The minimum atomic E-state index is -0.680. The van der Waals surface area contributed by atoms with Crippen LogP contribution in [0.3, 0.4) is 0 Å². The summed E-state index contributed by atoms with van der Waals surface area (Å²) in [4.78, 5) is 24.6. The van der Waals surface area contributed by atoms with Crippen LogP contribution in [0.2, 0.25) is 0 Å². The molecule has 0 aromatic heterocycles. The van der Waals surface area contributed by atoms with Gasteiger partial charge >= 0.3 is 5.97 Å². The first-order valence-electron chi connectivity index (χ1n) is 8.88. The van der Waals surface area contributed by atoms with Crippen LogP contribution in [0.1, 0.15) is 26.3 Å². The molecule has 0 fully saturated rings. The minimum Gasteiger partial charge on any atom is -0.508 e. The number of benzene rings is 3. The van der Waals surface area contributed by atoms with E-state index in [1.54, 1.807) is 42.5 Å². The van der Waals surface area contributed by atoms with Gasteiger partial charge in [-0.2, -0.15) is 5.10 Å². The van der Waals surface area contributed by atoms with Crippen molar-refractivity contribution in [2.75, 3.05) is 7.11 Å². The molecule has 0 atom stereocenters. The number of methoxy groups -OCH3 is 1. The summed E-state index contributed by atoms with van der Waals surface area (Å²) in [5.74, 6) is -0.963. The highest BCUT2D eigenvalue weighted by molar-refractivity contribution is 9.10. The SMILES string of the molecule is COc1ccc(C(=O)Oc2ccc(Br)cc2/C=N\NC(=O)c2ccc(O)cc2O)cc1. The number of nitrogens with one attached hydrogen (secondary N) is 1. The highest BCUT2D eigenvalue weighted by Gasteiger charge is 2.13. The van der Waals surface area contributed by atoms with Crippen LogP contribution in [0.15, 0.2) is 70.2 Å². The molecular formula is C22H17BrN2O6. The van der Waals surface area contributed by atoms with E-state index in [0.29, 0.717) is 21.3 Å². The molecule has 0 saturated carbocycles. The van der Waals surface area contributed by atoms with Gasteiger partial charge in [0.15, 0.2) is 0 Å². The van der Waals surface area contributed by atoms with Crippen LogP contribution in [0.25, 0.3) is 0 Å². The van der Waals surface area contributed by atoms with E-state index in [9.17, 15) is 19.8 Å². The lowest BCUT2D eigenvalue weighted by molar-refractivity contribution is 0.0734. The van der Waals surface area contributed by atoms with E-state index in [1.807, 2.05) is 0 Å². The maximum atomic E-state index is 12.4. The van der Waals surface area contributed by atoms with Gasteiger partial charge in [0.05, 0.1) is 24.5 Å². The van der Waals surface area contributed by atoms with E-state index in [0.717, 1.165) is 6.07 Å². The summed E-state index contributed by atoms with van der Waals surface area (Å²) < 4.78 is 11.2. The van der Waals surface area contributed by atoms with Gasteiger partial charge in [0.1, 0.15) is 23.0 Å². The Morgan fingerprint density at radius 3 is 2.45 bits per heavy atom. The molecule has 3 N–H and O–H groups in total. The highest BCUT2D eigenvalue weighted by Crippen LogP contribution is 2.24. The molecule has 8 nitrogen and oxygen atoms in total. The molecule has 158 valence electrons. The Balaban J connectivity index is 1.74. The van der Waals surface area contributed by atoms with Crippen molar-refractivity contribution in [1.29, 1.82) is 0 Å². The first kappa shape index (κ1) is 21.8. The second-order valence-corrected chi connectivity index (χ2v) is 7.12. The van der Waals surface area contributed by atoms with E-state index >= 15 is 0 Å². The van der Waals surface area contributed by atoms with Gasteiger partial charge < -0.3 is 19.7 Å². The second kappa shape index (κ2) is 9.77. The molecule has 3 aromatic carbocycles. The van der Waals surface area contributed by atoms with Crippen molar-refractivity contribution in [3.63, 3.8) is 0 Å². The van der Waals surface area contributed by atoms with E-state index in [4.69, 9.17) is 9.47 Å². The van der Waals surface area contributed by atoms with Crippen molar-refractivity contribution < 1.29 is 29.3 Å². The maximum absolute atomic E-state index is 12.4. The molecule has 0 aliphatic rings. The Labute approximate surface area is 185 Å². The van der Waals surface area contributed by atoms with Crippen LogP contribution in [-0.2, 0) is 0 Å². The molecule has 0 aliphatic carbocycles. The number of phenols is 2. The summed E-state index contributed by atoms with van der Waals surface area (Å²) in [5, 5.41) is 22.9. The predicted octanol–water partition coefficient (Wildman–Crippen LogP) is 3.85. The van der Waals surface area contributed by atoms with Gasteiger partial charge in [-0.15, -0.1) is 0 Å². The van der Waals surface area contributed by atoms with Crippen molar-refractivity contribution in [2.24, 2.45) is 5.10 Å². The molecule has 0 aliphatic heterocycles. The van der Waals surface area contributed by atoms with Gasteiger partial charge in [-0.05, 0) is 54.6 Å². The molecule has 0 spiro atoms. The fraction of sp³-hybridized carbons (Fsp3) is 0.0455. The van der Waals surface area contributed by atoms with Crippen LogP contribution in [-0.4, -0.2) is 35.4 Å². The first-order valence-corrected chi connectivity index (χ1v) is 9.68. The summed E-state index contributed by atoms with van der Waals surface area (Å²) in [6.07, 6.45) is 1.30. The standard InChI is InChI=1S/C22H17BrN2O6/c1-30-17-6-2-13(3-7-17)22(29)31-20-9-4-15(23)10-14(20)12-24-25-21(28)18-8-5-16(26)11-19(18)27/h2-12,26-27H,1H3,(H,25,28)/b24-12-. The zero-order chi connectivity index (χ0) is 22.4. The predicted molar refractivity (Wildman–Crippen MR) is 117 cm³/mol. The maximum Gasteiger partial charge on any atom is 0.343 e. The molecule has 9 heteroatoms. The molecule has 0 bridgehead atoms. The Morgan fingerprint density at radius 1 is 1.03 bits per heavy atom. The third-order valence-electron chi connectivity index (χ3n) is 4.10. The van der Waals surface area contributed by atoms with E-state index in [-0.39, 0.29) is 22.8 Å². The number of hydrogen-bond acceptors (Lipinski definition) is 7. The topological polar surface area (TPSA) is 117 Å². The lowest BCUT2D eigenvalue weighted by atomic mass is 10.2. The van der Waals surface area contributed by atoms with Gasteiger partial charge in [0, 0.05) is 16.1 Å². The number of halogens is 1. The molecule has 3 rings (SSSR count). The molecule has 0 unspecified atom stereocenters. The van der Waals surface area contributed by atoms with Crippen LogP contribution >= 0.6 is 15.9 Å². The largest absolute Gasteiger partial charge is 0.508 e. The Bertz CT molecular complexity index is 1150. The van der Waals surface area contributed by atoms with E-state index < -0.39 is 11.9 Å². The molecule has 31 heavy (non-hydrogen) atoms. The number of rotatable bonds is 6. The number of nitrogens with zero attached hydrogens (tertiary/aromatic N) is 1. The molecule has 1 amide bonds. The van der Waals surface area contributed by atoms with Crippen LogP contribution in [0.5, 0.6) is 23.0 Å². The van der Waals surface area contributed by atoms with Crippen molar-refractivity contribution in [1.82, 2.24) is 5.43 Å². The molecule has 3 aromatic rings. The first-order chi connectivity index (χ1) is 14.9. The normalized spacial score (nSPS) is 10.6. The average Bonchev–Trinajstić information content (AvgIpc) is 2.75. The number of carbonyl (C=O) groups excluding carboxylic acids is 2. The summed E-state index contributed by atoms with van der Waals surface area (Å²) in [7, 11) is 1.53. The number of aromatic hydroxyl groups is 2. The third-order valence-corrected chi connectivity index (χ3v) is 4.59. The number of esters is 1. The number of carbonyl (C=O) groups is 2.